The van der Waals surface area contributed by atoms with Crippen LogP contribution in [-0.2, 0) is 6.54 Å². The van der Waals surface area contributed by atoms with Crippen LogP contribution in [0, 0.1) is 11.6 Å². The lowest BCUT2D eigenvalue weighted by Gasteiger charge is -2.34. The molecule has 1 fully saturated rings. The van der Waals surface area contributed by atoms with E-state index in [4.69, 9.17) is 0 Å². The molecule has 0 N–H and O–H groups in total. The van der Waals surface area contributed by atoms with E-state index in [-0.39, 0.29) is 5.56 Å². The molecule has 20 heavy (non-hydrogen) atoms. The van der Waals surface area contributed by atoms with E-state index in [1.807, 2.05) is 0 Å². The molecule has 2 rings (SSSR count). The fourth-order valence-electron chi connectivity index (χ4n) is 2.86. The molecule has 0 atom stereocenters. The van der Waals surface area contributed by atoms with E-state index in [9.17, 15) is 8.78 Å². The monoisotopic (exact) mass is 409 g/mol. The maximum Gasteiger partial charge on any atom is 0.144 e. The Morgan fingerprint density at radius 1 is 1.15 bits per heavy atom. The topological polar surface area (TPSA) is 3.24 Å². The Hall–Kier alpha value is -0.000000000000000111. The molecule has 0 bridgehead atoms. The van der Waals surface area contributed by atoms with E-state index in [0.29, 0.717) is 17.1 Å². The van der Waals surface area contributed by atoms with Gasteiger partial charge in [-0.3, -0.25) is 4.90 Å². The minimum absolute atomic E-state index is 0.172. The highest BCUT2D eigenvalue weighted by atomic mass is 79.9. The molecule has 0 spiro atoms. The molecule has 0 radical (unpaired) electrons. The fraction of sp³-hybridized carbons (Fsp3) is 0.600. The lowest BCUT2D eigenvalue weighted by atomic mass is 9.94. The lowest BCUT2D eigenvalue weighted by molar-refractivity contribution is 0.154. The van der Waals surface area contributed by atoms with Gasteiger partial charge in [-0.25, -0.2) is 8.78 Å². The molecule has 0 unspecified atom stereocenters. The molecule has 1 nitrogen and oxygen atoms in total. The van der Waals surface area contributed by atoms with Crippen LogP contribution in [0.3, 0.4) is 0 Å². The third-order valence-electron chi connectivity index (χ3n) is 3.96. The Morgan fingerprint density at radius 2 is 1.85 bits per heavy atom. The number of halogens is 4. The second-order valence-electron chi connectivity index (χ2n) is 5.27. The second-order valence-corrected chi connectivity index (χ2v) is 6.92. The molecule has 1 aliphatic rings. The fourth-order valence-corrected chi connectivity index (χ4v) is 3.69. The lowest BCUT2D eigenvalue weighted by Crippen LogP contribution is -2.38. The number of hydrogen-bond donors (Lipinski definition) is 0. The van der Waals surface area contributed by atoms with Crippen LogP contribution in [0.2, 0.25) is 0 Å². The van der Waals surface area contributed by atoms with Crippen molar-refractivity contribution in [1.29, 1.82) is 0 Å². The van der Waals surface area contributed by atoms with Gasteiger partial charge in [0.1, 0.15) is 11.6 Å². The normalized spacial score (nSPS) is 16.9. The molecule has 5 heteroatoms. The molecule has 112 valence electrons. The predicted molar refractivity (Wildman–Crippen MR) is 85.1 cm³/mol. The summed E-state index contributed by atoms with van der Waals surface area (Å²) in [6, 6.07) is 3.19. The Kier molecular flexibility index (Phi) is 6.43. The van der Waals surface area contributed by atoms with E-state index in [0.717, 1.165) is 24.7 Å². The zero-order chi connectivity index (χ0) is 14.5. The number of nitrogens with zero attached hydrogens (tertiary/aromatic N) is 1. The summed E-state index contributed by atoms with van der Waals surface area (Å²) in [7, 11) is 0. The first-order chi connectivity index (χ1) is 9.63. The SMILES string of the molecule is Fc1ccc(Br)c(F)c1CN(CCBr)C1CCCCC1. The molecule has 1 aromatic carbocycles. The second kappa shape index (κ2) is 7.85. The summed E-state index contributed by atoms with van der Waals surface area (Å²) in [5.41, 5.74) is 0.172. The van der Waals surface area contributed by atoms with Crippen LogP contribution in [0.5, 0.6) is 0 Å². The molecular weight excluding hydrogens is 392 g/mol. The van der Waals surface area contributed by atoms with Gasteiger partial charge in [-0.15, -0.1) is 0 Å². The summed E-state index contributed by atoms with van der Waals surface area (Å²) in [6.07, 6.45) is 5.96. The van der Waals surface area contributed by atoms with Crippen LogP contribution < -0.4 is 0 Å². The molecule has 1 aromatic rings. The van der Waals surface area contributed by atoms with Crippen molar-refractivity contribution in [3.63, 3.8) is 0 Å². The van der Waals surface area contributed by atoms with Gasteiger partial charge in [-0.2, -0.15) is 0 Å². The van der Waals surface area contributed by atoms with E-state index >= 15 is 0 Å². The maximum atomic E-state index is 14.1. The summed E-state index contributed by atoms with van der Waals surface area (Å²) >= 11 is 6.58. The van der Waals surface area contributed by atoms with Gasteiger partial charge in [-0.05, 0) is 40.9 Å². The Balaban J connectivity index is 2.17. The van der Waals surface area contributed by atoms with Gasteiger partial charge in [0, 0.05) is 30.0 Å². The van der Waals surface area contributed by atoms with Gasteiger partial charge in [-0.1, -0.05) is 35.2 Å². The smallest absolute Gasteiger partial charge is 0.144 e. The van der Waals surface area contributed by atoms with Crippen molar-refractivity contribution in [3.8, 4) is 0 Å². The van der Waals surface area contributed by atoms with Crippen LogP contribution >= 0.6 is 31.9 Å². The number of benzene rings is 1. The molecule has 0 heterocycles. The molecule has 0 saturated heterocycles. The first kappa shape index (κ1) is 16.4. The molecular formula is C15H19Br2F2N. The van der Waals surface area contributed by atoms with Gasteiger partial charge in [0.15, 0.2) is 0 Å². The van der Waals surface area contributed by atoms with Gasteiger partial charge >= 0.3 is 0 Å². The van der Waals surface area contributed by atoms with Crippen molar-refractivity contribution < 1.29 is 8.78 Å². The standard InChI is InChI=1S/C15H19Br2F2N/c16-8-9-20(11-4-2-1-3-5-11)10-12-14(18)7-6-13(17)15(12)19/h6-7,11H,1-5,8-10H2. The van der Waals surface area contributed by atoms with Crippen molar-refractivity contribution in [2.24, 2.45) is 0 Å². The van der Waals surface area contributed by atoms with E-state index in [1.54, 1.807) is 0 Å². The van der Waals surface area contributed by atoms with E-state index < -0.39 is 11.6 Å². The van der Waals surface area contributed by atoms with Crippen LogP contribution in [0.4, 0.5) is 8.78 Å². The first-order valence-corrected chi connectivity index (χ1v) is 8.97. The Morgan fingerprint density at radius 3 is 2.50 bits per heavy atom. The number of alkyl halides is 1. The van der Waals surface area contributed by atoms with E-state index in [2.05, 4.69) is 36.8 Å². The highest BCUT2D eigenvalue weighted by Crippen LogP contribution is 2.27. The van der Waals surface area contributed by atoms with Gasteiger partial charge < -0.3 is 0 Å². The minimum atomic E-state index is -0.472. The number of rotatable bonds is 5. The summed E-state index contributed by atoms with van der Waals surface area (Å²) in [5.74, 6) is -0.929. The first-order valence-electron chi connectivity index (χ1n) is 7.06. The zero-order valence-corrected chi connectivity index (χ0v) is 14.5. The van der Waals surface area contributed by atoms with Crippen molar-refractivity contribution in [2.45, 2.75) is 44.7 Å². The van der Waals surface area contributed by atoms with Gasteiger partial charge in [0.05, 0.1) is 4.47 Å². The third kappa shape index (κ3) is 4.01. The largest absolute Gasteiger partial charge is 0.295 e. The highest BCUT2D eigenvalue weighted by Gasteiger charge is 2.23. The van der Waals surface area contributed by atoms with Gasteiger partial charge in [0.25, 0.3) is 0 Å². The predicted octanol–water partition coefficient (Wildman–Crippen LogP) is 5.26. The quantitative estimate of drug-likeness (QED) is 0.472. The third-order valence-corrected chi connectivity index (χ3v) is 4.93. The summed E-state index contributed by atoms with van der Waals surface area (Å²) in [4.78, 5) is 2.21. The van der Waals surface area contributed by atoms with Crippen molar-refractivity contribution in [1.82, 2.24) is 4.90 Å². The molecule has 0 amide bonds. The van der Waals surface area contributed by atoms with Crippen molar-refractivity contribution >= 4 is 31.9 Å². The van der Waals surface area contributed by atoms with Crippen LogP contribution in [0.15, 0.2) is 16.6 Å². The average molecular weight is 411 g/mol. The molecule has 1 saturated carbocycles. The summed E-state index contributed by atoms with van der Waals surface area (Å²) in [5, 5.41) is 0.820. The maximum absolute atomic E-state index is 14.1. The van der Waals surface area contributed by atoms with Crippen molar-refractivity contribution in [3.05, 3.63) is 33.8 Å². The van der Waals surface area contributed by atoms with Crippen LogP contribution in [0.25, 0.3) is 0 Å². The number of hydrogen-bond acceptors (Lipinski definition) is 1. The minimum Gasteiger partial charge on any atom is -0.295 e. The molecule has 0 aromatic heterocycles. The average Bonchev–Trinajstić information content (AvgIpc) is 2.47. The van der Waals surface area contributed by atoms with Gasteiger partial charge in [0.2, 0.25) is 0 Å². The van der Waals surface area contributed by atoms with Crippen molar-refractivity contribution in [2.75, 3.05) is 11.9 Å². The van der Waals surface area contributed by atoms with Crippen LogP contribution in [0.1, 0.15) is 37.7 Å². The highest BCUT2D eigenvalue weighted by molar-refractivity contribution is 9.10. The van der Waals surface area contributed by atoms with Crippen LogP contribution in [-0.4, -0.2) is 22.8 Å². The summed E-state index contributed by atoms with van der Waals surface area (Å²) < 4.78 is 28.3. The van der Waals surface area contributed by atoms with E-state index in [1.165, 1.54) is 31.4 Å². The Labute approximate surface area is 136 Å². The summed E-state index contributed by atoms with van der Waals surface area (Å²) in [6.45, 7) is 1.16. The zero-order valence-electron chi connectivity index (χ0n) is 11.3. The molecule has 1 aliphatic carbocycles. The Bertz CT molecular complexity index is 448. The molecule has 0 aliphatic heterocycles.